The summed E-state index contributed by atoms with van der Waals surface area (Å²) in [6.07, 6.45) is 8.34. The topological polar surface area (TPSA) is 103 Å². The highest BCUT2D eigenvalue weighted by molar-refractivity contribution is 6.08. The summed E-state index contributed by atoms with van der Waals surface area (Å²) in [5.41, 5.74) is 4.22. The van der Waals surface area contributed by atoms with Crippen molar-refractivity contribution >= 4 is 34.1 Å². The maximum Gasteiger partial charge on any atom is 0.254 e. The van der Waals surface area contributed by atoms with Crippen LogP contribution in [-0.4, -0.2) is 83.2 Å². The molecule has 0 bridgehead atoms. The number of piperazine rings is 1. The number of carbonyl (C=O) groups excluding carboxylic acids is 2. The predicted molar refractivity (Wildman–Crippen MR) is 141 cm³/mol. The van der Waals surface area contributed by atoms with Gasteiger partial charge in [0.05, 0.1) is 35.8 Å². The zero-order valence-corrected chi connectivity index (χ0v) is 21.2. The van der Waals surface area contributed by atoms with E-state index in [0.717, 1.165) is 61.2 Å². The van der Waals surface area contributed by atoms with Gasteiger partial charge in [0.15, 0.2) is 0 Å². The highest BCUT2D eigenvalue weighted by Gasteiger charge is 2.27. The number of aliphatic imine (C=N–C) groups is 1. The molecule has 3 aliphatic rings. The van der Waals surface area contributed by atoms with Gasteiger partial charge in [-0.15, -0.1) is 0 Å². The molecule has 3 heterocycles. The fourth-order valence-electron chi connectivity index (χ4n) is 5.76. The average molecular weight is 493 g/mol. The van der Waals surface area contributed by atoms with Gasteiger partial charge in [0, 0.05) is 56.1 Å². The van der Waals surface area contributed by atoms with Gasteiger partial charge in [-0.05, 0) is 44.9 Å². The molecule has 192 valence electrons. The van der Waals surface area contributed by atoms with Crippen LogP contribution in [0.15, 0.2) is 35.0 Å². The number of β-amino-alcohol motifs (C(OH)–C–C–N with tert-alkyl or cyclic N) is 1. The van der Waals surface area contributed by atoms with E-state index in [1.54, 1.807) is 0 Å². The van der Waals surface area contributed by atoms with Crippen molar-refractivity contribution in [3.8, 4) is 0 Å². The summed E-state index contributed by atoms with van der Waals surface area (Å²) in [6, 6.07) is 4.51. The molecule has 1 aliphatic carbocycles. The van der Waals surface area contributed by atoms with Crippen LogP contribution in [0, 0.1) is 5.92 Å². The molecule has 1 aromatic carbocycles. The second kappa shape index (κ2) is 10.5. The summed E-state index contributed by atoms with van der Waals surface area (Å²) >= 11 is 0. The Bertz CT molecular complexity index is 1200. The lowest BCUT2D eigenvalue weighted by molar-refractivity contribution is -0.120. The maximum atomic E-state index is 13.5. The Morgan fingerprint density at radius 3 is 2.58 bits per heavy atom. The molecule has 1 saturated carbocycles. The van der Waals surface area contributed by atoms with Gasteiger partial charge in [0.25, 0.3) is 11.8 Å². The summed E-state index contributed by atoms with van der Waals surface area (Å²) in [5.74, 6) is -0.836. The minimum absolute atomic E-state index is 0.167. The number of allylic oxidation sites excluding steroid dienone is 1. The second-order valence-corrected chi connectivity index (χ2v) is 10.2. The number of aliphatic hydroxyl groups excluding tert-OH is 1. The van der Waals surface area contributed by atoms with E-state index in [0.29, 0.717) is 23.9 Å². The van der Waals surface area contributed by atoms with Crippen LogP contribution in [0.1, 0.15) is 55.9 Å². The smallest absolute Gasteiger partial charge is 0.254 e. The molecule has 9 heteroatoms. The first-order valence-electron chi connectivity index (χ1n) is 13.1. The van der Waals surface area contributed by atoms with Gasteiger partial charge in [-0.25, -0.2) is 4.99 Å². The molecule has 2 amide bonds. The number of dihydropyridines is 1. The summed E-state index contributed by atoms with van der Waals surface area (Å²) in [7, 11) is 0. The first-order valence-corrected chi connectivity index (χ1v) is 13.1. The van der Waals surface area contributed by atoms with E-state index in [1.165, 1.54) is 12.8 Å². The van der Waals surface area contributed by atoms with Gasteiger partial charge in [-0.1, -0.05) is 18.4 Å². The molecule has 2 fully saturated rings. The van der Waals surface area contributed by atoms with Crippen molar-refractivity contribution in [2.75, 3.05) is 50.8 Å². The highest BCUT2D eigenvalue weighted by atomic mass is 16.3. The van der Waals surface area contributed by atoms with Crippen LogP contribution in [0.2, 0.25) is 0 Å². The molecule has 36 heavy (non-hydrogen) atoms. The molecule has 5 rings (SSSR count). The Kier molecular flexibility index (Phi) is 7.20. The fraction of sp³-hybridized carbons (Fsp3) is 0.556. The lowest BCUT2D eigenvalue weighted by atomic mass is 9.95. The third-order valence-corrected chi connectivity index (χ3v) is 7.81. The summed E-state index contributed by atoms with van der Waals surface area (Å²) in [6.45, 7) is 8.21. The third-order valence-electron chi connectivity index (χ3n) is 7.81. The number of nitrogens with one attached hydrogen (secondary N) is 1. The average Bonchev–Trinajstić information content (AvgIpc) is 3.53. The molecule has 0 spiro atoms. The standard InChI is InChI=1S/C27H36N6O3/c1-18-13-19(2)30-27(36)23(18)16-28-26(35)22-14-21(32-9-7-31(8-10-32)11-12-34)15-25-24(22)17-29-33(25)20-5-3-4-6-20/h13-15,17,20,23,34H,3-12,16H2,1-2H3,(H,28,35). The maximum absolute atomic E-state index is 13.5. The van der Waals surface area contributed by atoms with Crippen LogP contribution in [-0.2, 0) is 4.79 Å². The Hall–Kier alpha value is -3.04. The van der Waals surface area contributed by atoms with Gasteiger partial charge < -0.3 is 15.3 Å². The number of aromatic nitrogens is 2. The molecule has 0 radical (unpaired) electrons. The molecule has 9 nitrogen and oxygen atoms in total. The minimum Gasteiger partial charge on any atom is -0.395 e. The van der Waals surface area contributed by atoms with E-state index in [4.69, 9.17) is 5.10 Å². The van der Waals surface area contributed by atoms with Crippen molar-refractivity contribution in [2.45, 2.75) is 45.6 Å². The van der Waals surface area contributed by atoms with Gasteiger partial charge in [0.1, 0.15) is 0 Å². The monoisotopic (exact) mass is 492 g/mol. The first-order chi connectivity index (χ1) is 17.4. The van der Waals surface area contributed by atoms with E-state index in [1.807, 2.05) is 32.2 Å². The number of carbonyl (C=O) groups is 2. The number of benzene rings is 1. The number of amides is 2. The van der Waals surface area contributed by atoms with E-state index in [-0.39, 0.29) is 25.0 Å². The first kappa shape index (κ1) is 24.6. The molecule has 1 atom stereocenters. The summed E-state index contributed by atoms with van der Waals surface area (Å²) < 4.78 is 2.11. The molecular weight excluding hydrogens is 456 g/mol. The van der Waals surface area contributed by atoms with Gasteiger partial charge in [-0.3, -0.25) is 19.2 Å². The number of hydrogen-bond acceptors (Lipinski definition) is 6. The van der Waals surface area contributed by atoms with Gasteiger partial charge >= 0.3 is 0 Å². The van der Waals surface area contributed by atoms with Crippen molar-refractivity contribution < 1.29 is 14.7 Å². The lowest BCUT2D eigenvalue weighted by Crippen LogP contribution is -2.47. The number of nitrogens with zero attached hydrogens (tertiary/aromatic N) is 5. The van der Waals surface area contributed by atoms with Gasteiger partial charge in [0.2, 0.25) is 0 Å². The van der Waals surface area contributed by atoms with Crippen molar-refractivity contribution in [3.05, 3.63) is 35.5 Å². The fourth-order valence-corrected chi connectivity index (χ4v) is 5.76. The van der Waals surface area contributed by atoms with E-state index in [9.17, 15) is 14.7 Å². The summed E-state index contributed by atoms with van der Waals surface area (Å²) in [4.78, 5) is 34.6. The van der Waals surface area contributed by atoms with Crippen LogP contribution in [0.25, 0.3) is 10.9 Å². The van der Waals surface area contributed by atoms with Crippen molar-refractivity contribution in [1.82, 2.24) is 20.0 Å². The number of anilines is 1. The molecule has 2 N–H and O–H groups in total. The Morgan fingerprint density at radius 1 is 1.14 bits per heavy atom. The third kappa shape index (κ3) is 4.95. The molecule has 2 aromatic rings. The quantitative estimate of drug-likeness (QED) is 0.616. The molecular formula is C27H36N6O3. The zero-order valence-electron chi connectivity index (χ0n) is 21.2. The molecule has 1 saturated heterocycles. The van der Waals surface area contributed by atoms with E-state index in [2.05, 4.69) is 30.9 Å². The Morgan fingerprint density at radius 2 is 1.89 bits per heavy atom. The number of fused-ring (bicyclic) bond motifs is 1. The van der Waals surface area contributed by atoms with Crippen molar-refractivity contribution in [3.63, 3.8) is 0 Å². The number of hydrogen-bond donors (Lipinski definition) is 2. The highest BCUT2D eigenvalue weighted by Crippen LogP contribution is 2.34. The predicted octanol–water partition coefficient (Wildman–Crippen LogP) is 2.56. The van der Waals surface area contributed by atoms with E-state index < -0.39 is 5.92 Å². The largest absolute Gasteiger partial charge is 0.395 e. The zero-order chi connectivity index (χ0) is 25.2. The minimum atomic E-state index is -0.433. The van der Waals surface area contributed by atoms with Crippen molar-refractivity contribution in [1.29, 1.82) is 0 Å². The SMILES string of the molecule is CC1=CC(C)=NC(=O)C1CNC(=O)c1cc(N2CCN(CCO)CC2)cc2c1cnn2C1CCCC1. The molecule has 1 unspecified atom stereocenters. The number of rotatable bonds is 7. The molecule has 2 aliphatic heterocycles. The summed E-state index contributed by atoms with van der Waals surface area (Å²) in [5, 5.41) is 17.9. The van der Waals surface area contributed by atoms with Crippen molar-refractivity contribution in [2.24, 2.45) is 10.9 Å². The van der Waals surface area contributed by atoms with Crippen LogP contribution in [0.3, 0.4) is 0 Å². The van der Waals surface area contributed by atoms with Crippen LogP contribution < -0.4 is 10.2 Å². The van der Waals surface area contributed by atoms with E-state index >= 15 is 0 Å². The molecule has 1 aromatic heterocycles. The lowest BCUT2D eigenvalue weighted by Gasteiger charge is -2.36. The van der Waals surface area contributed by atoms with Crippen LogP contribution in [0.4, 0.5) is 5.69 Å². The Labute approximate surface area is 211 Å². The van der Waals surface area contributed by atoms with Gasteiger partial charge in [-0.2, -0.15) is 5.10 Å². The number of aliphatic hydroxyl groups is 1. The van der Waals surface area contributed by atoms with Crippen LogP contribution >= 0.6 is 0 Å². The van der Waals surface area contributed by atoms with Crippen LogP contribution in [0.5, 0.6) is 0 Å². The Balaban J connectivity index is 1.43. The normalized spacial score (nSPS) is 21.7. The second-order valence-electron chi connectivity index (χ2n) is 10.2.